The third kappa shape index (κ3) is 2.95. The molecule has 1 atom stereocenters. The third-order valence-electron chi connectivity index (χ3n) is 3.54. The molecule has 0 aromatic heterocycles. The second-order valence-corrected chi connectivity index (χ2v) is 4.86. The number of halogens is 1. The van der Waals surface area contributed by atoms with E-state index in [4.69, 9.17) is 5.73 Å². The van der Waals surface area contributed by atoms with Gasteiger partial charge in [-0.3, -0.25) is 0 Å². The molecule has 0 amide bonds. The van der Waals surface area contributed by atoms with Crippen molar-refractivity contribution in [2.45, 2.75) is 45.1 Å². The minimum Gasteiger partial charge on any atom is -0.321 e. The molecule has 1 aromatic carbocycles. The van der Waals surface area contributed by atoms with Crippen molar-refractivity contribution >= 4 is 0 Å². The largest absolute Gasteiger partial charge is 0.321 e. The van der Waals surface area contributed by atoms with E-state index >= 15 is 0 Å². The molecule has 2 rings (SSSR count). The first-order valence-corrected chi connectivity index (χ1v) is 6.39. The van der Waals surface area contributed by atoms with E-state index < -0.39 is 0 Å². The Balaban J connectivity index is 2.23. The maximum atomic E-state index is 13.1. The van der Waals surface area contributed by atoms with Crippen molar-refractivity contribution in [3.05, 3.63) is 46.8 Å². The van der Waals surface area contributed by atoms with Gasteiger partial charge in [0.1, 0.15) is 5.82 Å². The summed E-state index contributed by atoms with van der Waals surface area (Å²) in [5, 5.41) is 0. The predicted octanol–water partition coefficient (Wildman–Crippen LogP) is 4.02. The number of hydrogen-bond donors (Lipinski definition) is 1. The van der Waals surface area contributed by atoms with Crippen LogP contribution >= 0.6 is 0 Å². The monoisotopic (exact) mass is 233 g/mol. The quantitative estimate of drug-likeness (QED) is 0.767. The summed E-state index contributed by atoms with van der Waals surface area (Å²) in [5.74, 6) is -0.187. The van der Waals surface area contributed by atoms with Crippen LogP contribution in [0.5, 0.6) is 0 Å². The van der Waals surface area contributed by atoms with Crippen LogP contribution in [-0.4, -0.2) is 0 Å². The predicted molar refractivity (Wildman–Crippen MR) is 69.2 cm³/mol. The highest BCUT2D eigenvalue weighted by molar-refractivity contribution is 5.35. The van der Waals surface area contributed by atoms with Crippen LogP contribution in [0.1, 0.15) is 49.3 Å². The van der Waals surface area contributed by atoms with Gasteiger partial charge in [0.2, 0.25) is 0 Å². The van der Waals surface area contributed by atoms with Gasteiger partial charge in [-0.05, 0) is 55.9 Å². The fourth-order valence-electron chi connectivity index (χ4n) is 2.51. The SMILES string of the molecule is Cc1cc(F)ccc1C(N)C1=CCCCCC1. The molecule has 0 radical (unpaired) electrons. The summed E-state index contributed by atoms with van der Waals surface area (Å²) in [6.07, 6.45) is 8.26. The number of rotatable bonds is 2. The lowest BCUT2D eigenvalue weighted by Gasteiger charge is -2.18. The summed E-state index contributed by atoms with van der Waals surface area (Å²) in [5.41, 5.74) is 9.62. The number of benzene rings is 1. The molecule has 1 unspecified atom stereocenters. The van der Waals surface area contributed by atoms with E-state index in [1.807, 2.05) is 13.0 Å². The van der Waals surface area contributed by atoms with Gasteiger partial charge in [0.15, 0.2) is 0 Å². The molecule has 0 saturated heterocycles. The van der Waals surface area contributed by atoms with Gasteiger partial charge in [0.05, 0.1) is 6.04 Å². The standard InChI is InChI=1S/C15H20FN/c1-11-10-13(16)8-9-14(11)15(17)12-6-4-2-3-5-7-12/h6,8-10,15H,2-5,7,17H2,1H3. The molecule has 0 spiro atoms. The Kier molecular flexibility index (Phi) is 3.95. The Labute approximate surface area is 103 Å². The molecule has 0 bridgehead atoms. The van der Waals surface area contributed by atoms with Crippen LogP contribution in [0.3, 0.4) is 0 Å². The van der Waals surface area contributed by atoms with Crippen molar-refractivity contribution in [1.29, 1.82) is 0 Å². The molecule has 1 nitrogen and oxygen atoms in total. The maximum absolute atomic E-state index is 13.1. The number of aryl methyl sites for hydroxylation is 1. The molecule has 0 aliphatic heterocycles. The lowest BCUT2D eigenvalue weighted by Crippen LogP contribution is -2.14. The lowest BCUT2D eigenvalue weighted by molar-refractivity contribution is 0.623. The average Bonchev–Trinajstić information content (AvgIpc) is 2.56. The van der Waals surface area contributed by atoms with Crippen molar-refractivity contribution in [2.24, 2.45) is 5.73 Å². The van der Waals surface area contributed by atoms with E-state index in [1.54, 1.807) is 6.07 Å². The molecule has 17 heavy (non-hydrogen) atoms. The summed E-state index contributed by atoms with van der Waals surface area (Å²) < 4.78 is 13.1. The maximum Gasteiger partial charge on any atom is 0.123 e. The van der Waals surface area contributed by atoms with E-state index in [2.05, 4.69) is 6.08 Å². The Morgan fingerprint density at radius 1 is 1.24 bits per heavy atom. The Hall–Kier alpha value is -1.15. The first kappa shape index (κ1) is 12.3. The zero-order valence-electron chi connectivity index (χ0n) is 10.4. The van der Waals surface area contributed by atoms with Gasteiger partial charge in [-0.15, -0.1) is 0 Å². The summed E-state index contributed by atoms with van der Waals surface area (Å²) in [7, 11) is 0. The molecular formula is C15H20FN. The number of allylic oxidation sites excluding steroid dienone is 1. The van der Waals surface area contributed by atoms with Crippen LogP contribution in [0.25, 0.3) is 0 Å². The van der Waals surface area contributed by atoms with Gasteiger partial charge < -0.3 is 5.73 Å². The van der Waals surface area contributed by atoms with Gasteiger partial charge in [0.25, 0.3) is 0 Å². The summed E-state index contributed by atoms with van der Waals surface area (Å²) in [4.78, 5) is 0. The first-order chi connectivity index (χ1) is 8.18. The molecule has 2 heteroatoms. The smallest absolute Gasteiger partial charge is 0.123 e. The van der Waals surface area contributed by atoms with Crippen molar-refractivity contribution in [3.8, 4) is 0 Å². The van der Waals surface area contributed by atoms with Gasteiger partial charge in [-0.1, -0.05) is 24.1 Å². The topological polar surface area (TPSA) is 26.0 Å². The molecule has 1 aromatic rings. The van der Waals surface area contributed by atoms with Gasteiger partial charge >= 0.3 is 0 Å². The molecule has 1 aliphatic carbocycles. The number of nitrogens with two attached hydrogens (primary N) is 1. The fourth-order valence-corrected chi connectivity index (χ4v) is 2.51. The van der Waals surface area contributed by atoms with Crippen LogP contribution in [0.15, 0.2) is 29.8 Å². The molecular weight excluding hydrogens is 213 g/mol. The number of hydrogen-bond acceptors (Lipinski definition) is 1. The van der Waals surface area contributed by atoms with Crippen molar-refractivity contribution in [1.82, 2.24) is 0 Å². The second-order valence-electron chi connectivity index (χ2n) is 4.86. The molecule has 1 aliphatic rings. The van der Waals surface area contributed by atoms with Gasteiger partial charge in [0, 0.05) is 0 Å². The van der Waals surface area contributed by atoms with Crippen molar-refractivity contribution in [3.63, 3.8) is 0 Å². The molecule has 0 heterocycles. The van der Waals surface area contributed by atoms with Crippen LogP contribution in [0.4, 0.5) is 4.39 Å². The summed E-state index contributed by atoms with van der Waals surface area (Å²) >= 11 is 0. The highest BCUT2D eigenvalue weighted by atomic mass is 19.1. The van der Waals surface area contributed by atoms with Gasteiger partial charge in [-0.25, -0.2) is 4.39 Å². The second kappa shape index (κ2) is 5.46. The van der Waals surface area contributed by atoms with E-state index in [1.165, 1.54) is 30.9 Å². The van der Waals surface area contributed by atoms with Gasteiger partial charge in [-0.2, -0.15) is 0 Å². The van der Waals surface area contributed by atoms with E-state index in [0.29, 0.717) is 0 Å². The van der Waals surface area contributed by atoms with Crippen LogP contribution in [-0.2, 0) is 0 Å². The van der Waals surface area contributed by atoms with Crippen molar-refractivity contribution < 1.29 is 4.39 Å². The van der Waals surface area contributed by atoms with Crippen molar-refractivity contribution in [2.75, 3.05) is 0 Å². The van der Waals surface area contributed by atoms with Crippen LogP contribution < -0.4 is 5.73 Å². The lowest BCUT2D eigenvalue weighted by atomic mass is 9.93. The highest BCUT2D eigenvalue weighted by Crippen LogP contribution is 2.29. The Bertz CT molecular complexity index is 423. The minimum absolute atomic E-state index is 0.0614. The normalized spacial score (nSPS) is 18.4. The zero-order valence-corrected chi connectivity index (χ0v) is 10.4. The van der Waals surface area contributed by atoms with E-state index in [9.17, 15) is 4.39 Å². The Morgan fingerprint density at radius 3 is 2.82 bits per heavy atom. The molecule has 2 N–H and O–H groups in total. The molecule has 0 fully saturated rings. The van der Waals surface area contributed by atoms with E-state index in [0.717, 1.165) is 24.0 Å². The van der Waals surface area contributed by atoms with E-state index in [-0.39, 0.29) is 11.9 Å². The molecule has 92 valence electrons. The summed E-state index contributed by atoms with van der Waals surface area (Å²) in [6.45, 7) is 1.93. The molecule has 0 saturated carbocycles. The fraction of sp³-hybridized carbons (Fsp3) is 0.467. The average molecular weight is 233 g/mol. The summed E-state index contributed by atoms with van der Waals surface area (Å²) in [6, 6.07) is 4.82. The van der Waals surface area contributed by atoms with Crippen LogP contribution in [0.2, 0.25) is 0 Å². The third-order valence-corrected chi connectivity index (χ3v) is 3.54. The van der Waals surface area contributed by atoms with Crippen LogP contribution in [0, 0.1) is 12.7 Å². The first-order valence-electron chi connectivity index (χ1n) is 6.39. The Morgan fingerprint density at radius 2 is 2.06 bits per heavy atom. The minimum atomic E-state index is -0.187. The highest BCUT2D eigenvalue weighted by Gasteiger charge is 2.15. The zero-order chi connectivity index (χ0) is 12.3.